The Morgan fingerprint density at radius 1 is 1.42 bits per heavy atom. The number of aliphatic hydroxyl groups is 1. The zero-order valence-electron chi connectivity index (χ0n) is 11.6. The molecule has 0 saturated heterocycles. The van der Waals surface area contributed by atoms with Gasteiger partial charge in [-0.2, -0.15) is 0 Å². The summed E-state index contributed by atoms with van der Waals surface area (Å²) in [5.74, 6) is -0.0742. The molecule has 0 aromatic heterocycles. The van der Waals surface area contributed by atoms with Crippen molar-refractivity contribution < 1.29 is 9.90 Å². The van der Waals surface area contributed by atoms with Crippen LogP contribution in [0.4, 0.5) is 0 Å². The number of fused-ring (bicyclic) bond motifs is 1. The minimum Gasteiger partial charge on any atom is -0.396 e. The Bertz CT molecular complexity index is 469. The molecule has 0 fully saturated rings. The Kier molecular flexibility index (Phi) is 4.22. The van der Waals surface area contributed by atoms with Gasteiger partial charge in [0.25, 0.3) is 5.91 Å². The number of aliphatic hydroxyl groups excluding tert-OH is 1. The average Bonchev–Trinajstić information content (AvgIpc) is 2.44. The van der Waals surface area contributed by atoms with E-state index in [1.807, 2.05) is 32.0 Å². The molecule has 0 bridgehead atoms. The van der Waals surface area contributed by atoms with Gasteiger partial charge in [-0.25, -0.2) is 0 Å². The first kappa shape index (κ1) is 14.0. The molecule has 3 N–H and O–H groups in total. The van der Waals surface area contributed by atoms with Gasteiger partial charge in [-0.3, -0.25) is 4.79 Å². The molecule has 19 heavy (non-hydrogen) atoms. The van der Waals surface area contributed by atoms with E-state index in [2.05, 4.69) is 10.6 Å². The molecule has 1 aliphatic rings. The van der Waals surface area contributed by atoms with Crippen LogP contribution >= 0.6 is 0 Å². The number of benzene rings is 1. The highest BCUT2D eigenvalue weighted by molar-refractivity contribution is 5.94. The minimum atomic E-state index is -0.286. The van der Waals surface area contributed by atoms with Crippen molar-refractivity contribution in [2.24, 2.45) is 5.41 Å². The standard InChI is InChI=1S/C15H22N2O2/c1-15(2,10-18)9-17-14(19)12-4-3-11-5-6-16-8-13(11)7-12/h3-4,7,16,18H,5-6,8-10H2,1-2H3,(H,17,19). The number of hydrogen-bond donors (Lipinski definition) is 3. The second kappa shape index (κ2) is 5.72. The van der Waals surface area contributed by atoms with Crippen molar-refractivity contribution in [3.05, 3.63) is 34.9 Å². The summed E-state index contributed by atoms with van der Waals surface area (Å²) in [6.07, 6.45) is 1.02. The van der Waals surface area contributed by atoms with Crippen molar-refractivity contribution in [1.82, 2.24) is 10.6 Å². The predicted molar refractivity (Wildman–Crippen MR) is 75.1 cm³/mol. The second-order valence-corrected chi connectivity index (χ2v) is 5.92. The maximum Gasteiger partial charge on any atom is 0.251 e. The monoisotopic (exact) mass is 262 g/mol. The average molecular weight is 262 g/mol. The zero-order chi connectivity index (χ0) is 13.9. The first-order chi connectivity index (χ1) is 9.02. The highest BCUT2D eigenvalue weighted by Gasteiger charge is 2.18. The highest BCUT2D eigenvalue weighted by atomic mass is 16.3. The van der Waals surface area contributed by atoms with Crippen molar-refractivity contribution in [3.8, 4) is 0 Å². The molecule has 1 heterocycles. The second-order valence-electron chi connectivity index (χ2n) is 5.92. The molecule has 1 aromatic rings. The molecule has 0 radical (unpaired) electrons. The molecule has 0 unspecified atom stereocenters. The van der Waals surface area contributed by atoms with Crippen LogP contribution in [-0.4, -0.2) is 30.7 Å². The Labute approximate surface area is 114 Å². The Hall–Kier alpha value is -1.39. The Balaban J connectivity index is 2.03. The summed E-state index contributed by atoms with van der Waals surface area (Å²) in [4.78, 5) is 12.1. The van der Waals surface area contributed by atoms with E-state index < -0.39 is 0 Å². The summed E-state index contributed by atoms with van der Waals surface area (Å²) in [5.41, 5.74) is 2.94. The fourth-order valence-corrected chi connectivity index (χ4v) is 2.10. The molecule has 1 aliphatic heterocycles. The number of carbonyl (C=O) groups is 1. The SMILES string of the molecule is CC(C)(CO)CNC(=O)c1ccc2c(c1)CNCC2. The normalized spacial score (nSPS) is 14.9. The van der Waals surface area contributed by atoms with Crippen molar-refractivity contribution >= 4 is 5.91 Å². The lowest BCUT2D eigenvalue weighted by molar-refractivity contribution is 0.0911. The molecule has 104 valence electrons. The van der Waals surface area contributed by atoms with Gasteiger partial charge in [0.15, 0.2) is 0 Å². The van der Waals surface area contributed by atoms with E-state index in [0.717, 1.165) is 19.5 Å². The third-order valence-corrected chi connectivity index (χ3v) is 3.51. The molecular formula is C15H22N2O2. The zero-order valence-corrected chi connectivity index (χ0v) is 11.6. The topological polar surface area (TPSA) is 61.4 Å². The van der Waals surface area contributed by atoms with Crippen LogP contribution in [0.2, 0.25) is 0 Å². The van der Waals surface area contributed by atoms with E-state index in [0.29, 0.717) is 12.1 Å². The summed E-state index contributed by atoms with van der Waals surface area (Å²) >= 11 is 0. The van der Waals surface area contributed by atoms with Gasteiger partial charge in [0.1, 0.15) is 0 Å². The van der Waals surface area contributed by atoms with Crippen molar-refractivity contribution in [3.63, 3.8) is 0 Å². The summed E-state index contributed by atoms with van der Waals surface area (Å²) in [7, 11) is 0. The lowest BCUT2D eigenvalue weighted by Crippen LogP contribution is -2.36. The quantitative estimate of drug-likeness (QED) is 0.761. The van der Waals surface area contributed by atoms with E-state index in [-0.39, 0.29) is 17.9 Å². The van der Waals surface area contributed by atoms with Crippen LogP contribution in [0.5, 0.6) is 0 Å². The molecule has 1 amide bonds. The number of nitrogens with one attached hydrogen (secondary N) is 2. The number of amides is 1. The van der Waals surface area contributed by atoms with Gasteiger partial charge in [0, 0.05) is 30.7 Å². The lowest BCUT2D eigenvalue weighted by Gasteiger charge is -2.22. The van der Waals surface area contributed by atoms with Crippen molar-refractivity contribution in [2.45, 2.75) is 26.8 Å². The first-order valence-corrected chi connectivity index (χ1v) is 6.73. The molecule has 0 atom stereocenters. The maximum atomic E-state index is 12.1. The third-order valence-electron chi connectivity index (χ3n) is 3.51. The fraction of sp³-hybridized carbons (Fsp3) is 0.533. The largest absolute Gasteiger partial charge is 0.396 e. The van der Waals surface area contributed by atoms with Crippen LogP contribution in [0.1, 0.15) is 35.3 Å². The van der Waals surface area contributed by atoms with Gasteiger partial charge >= 0.3 is 0 Å². The van der Waals surface area contributed by atoms with E-state index in [1.54, 1.807) is 0 Å². The molecular weight excluding hydrogens is 240 g/mol. The third kappa shape index (κ3) is 3.55. The number of hydrogen-bond acceptors (Lipinski definition) is 3. The van der Waals surface area contributed by atoms with Crippen molar-refractivity contribution in [1.29, 1.82) is 0 Å². The summed E-state index contributed by atoms with van der Waals surface area (Å²) in [6.45, 7) is 6.20. The summed E-state index contributed by atoms with van der Waals surface area (Å²) in [5, 5.41) is 15.4. The number of carbonyl (C=O) groups excluding carboxylic acids is 1. The van der Waals surface area contributed by atoms with E-state index in [9.17, 15) is 9.90 Å². The maximum absolute atomic E-state index is 12.1. The van der Waals surface area contributed by atoms with Crippen LogP contribution in [0, 0.1) is 5.41 Å². The van der Waals surface area contributed by atoms with Gasteiger partial charge in [-0.1, -0.05) is 19.9 Å². The Morgan fingerprint density at radius 3 is 2.95 bits per heavy atom. The Morgan fingerprint density at radius 2 is 2.21 bits per heavy atom. The molecule has 4 nitrogen and oxygen atoms in total. The van der Waals surface area contributed by atoms with Gasteiger partial charge in [-0.15, -0.1) is 0 Å². The molecule has 2 rings (SSSR count). The van der Waals surface area contributed by atoms with Gasteiger partial charge in [0.2, 0.25) is 0 Å². The predicted octanol–water partition coefficient (Wildman–Crippen LogP) is 1.08. The van der Waals surface area contributed by atoms with Crippen LogP contribution in [0.3, 0.4) is 0 Å². The molecule has 1 aromatic carbocycles. The smallest absolute Gasteiger partial charge is 0.251 e. The van der Waals surface area contributed by atoms with E-state index in [4.69, 9.17) is 0 Å². The van der Waals surface area contributed by atoms with E-state index >= 15 is 0 Å². The number of rotatable bonds is 4. The van der Waals surface area contributed by atoms with Crippen LogP contribution in [0.15, 0.2) is 18.2 Å². The molecule has 0 saturated carbocycles. The van der Waals surface area contributed by atoms with Crippen molar-refractivity contribution in [2.75, 3.05) is 19.7 Å². The lowest BCUT2D eigenvalue weighted by atomic mass is 9.94. The van der Waals surface area contributed by atoms with Gasteiger partial charge < -0.3 is 15.7 Å². The fourth-order valence-electron chi connectivity index (χ4n) is 2.10. The van der Waals surface area contributed by atoms with Gasteiger partial charge in [-0.05, 0) is 36.2 Å². The highest BCUT2D eigenvalue weighted by Crippen LogP contribution is 2.16. The summed E-state index contributed by atoms with van der Waals surface area (Å²) in [6, 6.07) is 5.89. The summed E-state index contributed by atoms with van der Waals surface area (Å²) < 4.78 is 0. The van der Waals surface area contributed by atoms with Crippen LogP contribution in [0.25, 0.3) is 0 Å². The van der Waals surface area contributed by atoms with Gasteiger partial charge in [0.05, 0.1) is 0 Å². The molecule has 0 spiro atoms. The molecule has 4 heteroatoms. The first-order valence-electron chi connectivity index (χ1n) is 6.73. The van der Waals surface area contributed by atoms with Crippen LogP contribution < -0.4 is 10.6 Å². The van der Waals surface area contributed by atoms with Crippen LogP contribution in [-0.2, 0) is 13.0 Å². The van der Waals surface area contributed by atoms with E-state index in [1.165, 1.54) is 11.1 Å². The molecule has 0 aliphatic carbocycles. The minimum absolute atomic E-state index is 0.0569.